The van der Waals surface area contributed by atoms with Gasteiger partial charge in [-0.15, -0.1) is 0 Å². The van der Waals surface area contributed by atoms with Gasteiger partial charge in [-0.2, -0.15) is 0 Å². The van der Waals surface area contributed by atoms with Crippen LogP contribution in [-0.2, 0) is 16.0 Å². The highest BCUT2D eigenvalue weighted by molar-refractivity contribution is 5.67. The summed E-state index contributed by atoms with van der Waals surface area (Å²) < 4.78 is 11.0. The van der Waals surface area contributed by atoms with Gasteiger partial charge in [-0.05, 0) is 18.9 Å². The Morgan fingerprint density at radius 3 is 3.26 bits per heavy atom. The van der Waals surface area contributed by atoms with Crippen LogP contribution in [-0.4, -0.2) is 41.8 Å². The van der Waals surface area contributed by atoms with Crippen LogP contribution in [0.3, 0.4) is 0 Å². The zero-order valence-electron chi connectivity index (χ0n) is 10.9. The van der Waals surface area contributed by atoms with Gasteiger partial charge in [-0.1, -0.05) is 0 Å². The maximum absolute atomic E-state index is 11.0. The van der Waals surface area contributed by atoms with Crippen LogP contribution in [0.25, 0.3) is 0 Å². The van der Waals surface area contributed by atoms with Crippen molar-refractivity contribution in [3.63, 3.8) is 0 Å². The van der Waals surface area contributed by atoms with Gasteiger partial charge in [-0.25, -0.2) is 0 Å². The second-order valence-corrected chi connectivity index (χ2v) is 5.27. The first kappa shape index (κ1) is 12.7. The average molecular weight is 265 g/mol. The third-order valence-electron chi connectivity index (χ3n) is 4.10. The maximum Gasteiger partial charge on any atom is 0.305 e. The fraction of sp³-hybridized carbons (Fsp3) is 0.643. The van der Waals surface area contributed by atoms with Crippen molar-refractivity contribution in [2.45, 2.75) is 37.8 Å². The van der Waals surface area contributed by atoms with E-state index in [2.05, 4.69) is 4.90 Å². The molecule has 1 fully saturated rings. The number of aryl methyl sites for hydroxylation is 1. The minimum absolute atomic E-state index is 0.0305. The number of hydrogen-bond acceptors (Lipinski definition) is 4. The molecule has 0 radical (unpaired) electrons. The highest BCUT2D eigenvalue weighted by Crippen LogP contribution is 2.37. The van der Waals surface area contributed by atoms with Crippen molar-refractivity contribution in [2.24, 2.45) is 0 Å². The largest absolute Gasteiger partial charge is 0.481 e. The molecule has 104 valence electrons. The summed E-state index contributed by atoms with van der Waals surface area (Å²) in [5.74, 6) is 0.306. The number of hydrogen-bond donors (Lipinski definition) is 1. The molecular weight excluding hydrogens is 246 g/mol. The predicted molar refractivity (Wildman–Crippen MR) is 68.0 cm³/mol. The Morgan fingerprint density at radius 1 is 1.53 bits per heavy atom. The fourth-order valence-electron chi connectivity index (χ4n) is 3.26. The van der Waals surface area contributed by atoms with Crippen LogP contribution < -0.4 is 0 Å². The first-order chi connectivity index (χ1) is 9.25. The van der Waals surface area contributed by atoms with Gasteiger partial charge in [-0.3, -0.25) is 9.69 Å². The number of furan rings is 1. The van der Waals surface area contributed by atoms with Crippen LogP contribution in [0.1, 0.15) is 36.6 Å². The summed E-state index contributed by atoms with van der Waals surface area (Å²) in [6.07, 6.45) is 5.05. The molecule has 1 aromatic rings. The Morgan fingerprint density at radius 2 is 2.42 bits per heavy atom. The quantitative estimate of drug-likeness (QED) is 0.903. The lowest BCUT2D eigenvalue weighted by molar-refractivity contribution is -0.141. The van der Waals surface area contributed by atoms with E-state index in [4.69, 9.17) is 14.3 Å². The Bertz CT molecular complexity index is 456. The van der Waals surface area contributed by atoms with Gasteiger partial charge in [0.05, 0.1) is 25.9 Å². The second kappa shape index (κ2) is 5.35. The number of carbonyl (C=O) groups is 1. The number of carboxylic acids is 1. The fourth-order valence-corrected chi connectivity index (χ4v) is 3.26. The summed E-state index contributed by atoms with van der Waals surface area (Å²) in [6.45, 7) is 1.99. The molecule has 1 saturated heterocycles. The Kier molecular flexibility index (Phi) is 3.57. The van der Waals surface area contributed by atoms with Crippen LogP contribution in [0.2, 0.25) is 0 Å². The van der Waals surface area contributed by atoms with Gasteiger partial charge in [0.15, 0.2) is 0 Å². The maximum atomic E-state index is 11.0. The van der Waals surface area contributed by atoms with E-state index in [1.54, 1.807) is 6.26 Å². The molecule has 1 aliphatic carbocycles. The first-order valence-electron chi connectivity index (χ1n) is 6.87. The molecule has 2 aliphatic rings. The van der Waals surface area contributed by atoms with Crippen LogP contribution >= 0.6 is 0 Å². The number of aliphatic carboxylic acids is 1. The number of carboxylic acid groups (broad SMARTS) is 1. The van der Waals surface area contributed by atoms with Gasteiger partial charge in [0.1, 0.15) is 5.76 Å². The van der Waals surface area contributed by atoms with Crippen LogP contribution in [0.15, 0.2) is 16.7 Å². The minimum atomic E-state index is -0.760. The molecule has 2 unspecified atom stereocenters. The van der Waals surface area contributed by atoms with E-state index in [1.165, 1.54) is 5.56 Å². The number of fused-ring (bicyclic) bond motifs is 1. The Balaban J connectivity index is 1.82. The molecular formula is C14H19NO4. The van der Waals surface area contributed by atoms with E-state index < -0.39 is 5.97 Å². The molecule has 3 rings (SSSR count). The standard InChI is InChI=1S/C14H19NO4/c16-14(17)8-10-9-18-7-5-15(10)12-2-1-3-13-11(12)4-6-19-13/h4,6,10,12H,1-3,5,7-9H2,(H,16,17). The van der Waals surface area contributed by atoms with Crippen molar-refractivity contribution < 1.29 is 19.1 Å². The van der Waals surface area contributed by atoms with Gasteiger partial charge in [0.2, 0.25) is 0 Å². The summed E-state index contributed by atoms with van der Waals surface area (Å²) in [7, 11) is 0. The molecule has 0 amide bonds. The minimum Gasteiger partial charge on any atom is -0.481 e. The van der Waals surface area contributed by atoms with Gasteiger partial charge in [0, 0.05) is 30.6 Å². The SMILES string of the molecule is O=C(O)CC1COCCN1C1CCCc2occc21. The number of rotatable bonds is 3. The van der Waals surface area contributed by atoms with E-state index in [1.807, 2.05) is 6.07 Å². The molecule has 5 heteroatoms. The molecule has 5 nitrogen and oxygen atoms in total. The number of ether oxygens (including phenoxy) is 1. The summed E-state index contributed by atoms with van der Waals surface area (Å²) in [5, 5.41) is 9.04. The summed E-state index contributed by atoms with van der Waals surface area (Å²) >= 11 is 0. The monoisotopic (exact) mass is 265 g/mol. The normalized spacial score (nSPS) is 28.0. The topological polar surface area (TPSA) is 62.9 Å². The zero-order chi connectivity index (χ0) is 13.2. The van der Waals surface area contributed by atoms with Crippen LogP contribution in [0.4, 0.5) is 0 Å². The molecule has 0 aromatic carbocycles. The zero-order valence-corrected chi connectivity index (χ0v) is 10.9. The summed E-state index contributed by atoms with van der Waals surface area (Å²) in [5.41, 5.74) is 1.24. The smallest absolute Gasteiger partial charge is 0.305 e. The van der Waals surface area contributed by atoms with Crippen molar-refractivity contribution in [1.29, 1.82) is 0 Å². The van der Waals surface area contributed by atoms with E-state index in [0.29, 0.717) is 13.2 Å². The van der Waals surface area contributed by atoms with E-state index in [9.17, 15) is 4.79 Å². The predicted octanol–water partition coefficient (Wildman–Crippen LogP) is 1.83. The highest BCUT2D eigenvalue weighted by Gasteiger charge is 2.34. The summed E-state index contributed by atoms with van der Waals surface area (Å²) in [4.78, 5) is 13.3. The third-order valence-corrected chi connectivity index (χ3v) is 4.10. The van der Waals surface area contributed by atoms with Crippen molar-refractivity contribution in [1.82, 2.24) is 4.90 Å². The average Bonchev–Trinajstić information content (AvgIpc) is 2.87. The molecule has 1 N–H and O–H groups in total. The van der Waals surface area contributed by atoms with Crippen LogP contribution in [0.5, 0.6) is 0 Å². The molecule has 0 bridgehead atoms. The molecule has 1 aliphatic heterocycles. The Labute approximate surface area is 112 Å². The Hall–Kier alpha value is -1.33. The first-order valence-corrected chi connectivity index (χ1v) is 6.87. The van der Waals surface area contributed by atoms with Crippen molar-refractivity contribution >= 4 is 5.97 Å². The molecule has 0 saturated carbocycles. The molecule has 19 heavy (non-hydrogen) atoms. The van der Waals surface area contributed by atoms with Crippen molar-refractivity contribution in [2.75, 3.05) is 19.8 Å². The van der Waals surface area contributed by atoms with Gasteiger partial charge in [0.25, 0.3) is 0 Å². The van der Waals surface area contributed by atoms with Crippen molar-refractivity contribution in [3.05, 3.63) is 23.7 Å². The van der Waals surface area contributed by atoms with E-state index in [0.717, 1.165) is 31.6 Å². The van der Waals surface area contributed by atoms with Crippen LogP contribution in [0, 0.1) is 0 Å². The number of morpholine rings is 1. The highest BCUT2D eigenvalue weighted by atomic mass is 16.5. The lowest BCUT2D eigenvalue weighted by Crippen LogP contribution is -2.48. The lowest BCUT2D eigenvalue weighted by atomic mass is 9.90. The number of nitrogens with zero attached hydrogens (tertiary/aromatic N) is 1. The van der Waals surface area contributed by atoms with Crippen molar-refractivity contribution in [3.8, 4) is 0 Å². The molecule has 1 aromatic heterocycles. The summed E-state index contributed by atoms with van der Waals surface area (Å²) in [6, 6.07) is 2.29. The molecule has 2 heterocycles. The van der Waals surface area contributed by atoms with Gasteiger partial charge < -0.3 is 14.3 Å². The molecule has 2 atom stereocenters. The second-order valence-electron chi connectivity index (χ2n) is 5.27. The third kappa shape index (κ3) is 2.53. The van der Waals surface area contributed by atoms with E-state index >= 15 is 0 Å². The lowest BCUT2D eigenvalue weighted by Gasteiger charge is -2.41. The molecule has 0 spiro atoms. The van der Waals surface area contributed by atoms with E-state index in [-0.39, 0.29) is 18.5 Å². The van der Waals surface area contributed by atoms with Gasteiger partial charge >= 0.3 is 5.97 Å².